The Labute approximate surface area is 369 Å². The number of nitrogens with one attached hydrogen (secondary N) is 3. The number of aliphatic hydroxyl groups is 4. The molecule has 11 N–H and O–H groups in total. The Kier molecular flexibility index (Phi) is 19.8. The number of unbranched alkanes of at least 4 members (excludes halogenated alkanes) is 2. The van der Waals surface area contributed by atoms with Crippen LogP contribution in [0.4, 0.5) is 5.82 Å². The van der Waals surface area contributed by atoms with Gasteiger partial charge in [0.1, 0.15) is 30.4 Å². The van der Waals surface area contributed by atoms with Gasteiger partial charge in [0.2, 0.25) is 11.8 Å². The summed E-state index contributed by atoms with van der Waals surface area (Å²) >= 11 is 0. The topological polar surface area (TPSA) is 350 Å². The van der Waals surface area contributed by atoms with Crippen LogP contribution in [0, 0.1) is 11.8 Å². The third-order valence-electron chi connectivity index (χ3n) is 11.0. The van der Waals surface area contributed by atoms with Crippen LogP contribution in [0.3, 0.4) is 0 Å². The van der Waals surface area contributed by atoms with Crippen molar-refractivity contribution in [3.63, 3.8) is 0 Å². The normalized spacial score (nSPS) is 26.3. The molecule has 0 saturated carbocycles. The zero-order chi connectivity index (χ0) is 47.2. The van der Waals surface area contributed by atoms with Crippen LogP contribution in [-0.2, 0) is 48.6 Å². The van der Waals surface area contributed by atoms with E-state index in [9.17, 15) is 59.0 Å². The summed E-state index contributed by atoms with van der Waals surface area (Å²) in [5, 5.41) is 59.5. The van der Waals surface area contributed by atoms with Gasteiger partial charge < -0.3 is 66.3 Å². The first-order valence-electron chi connectivity index (χ1n) is 21.1. The summed E-state index contributed by atoms with van der Waals surface area (Å²) in [7, 11) is -5.45. The summed E-state index contributed by atoms with van der Waals surface area (Å²) < 4.78 is 41.5. The lowest BCUT2D eigenvalue weighted by molar-refractivity contribution is -0.289. The molecule has 2 aliphatic heterocycles. The van der Waals surface area contributed by atoms with Crippen LogP contribution in [0.2, 0.25) is 0 Å². The second kappa shape index (κ2) is 24.2. The molecule has 23 nitrogen and oxygen atoms in total. The summed E-state index contributed by atoms with van der Waals surface area (Å²) in [4.78, 5) is 77.1. The molecule has 0 radical (unpaired) electrons. The molecule has 3 amide bonds. The number of ether oxygens (including phenoxy) is 3. The van der Waals surface area contributed by atoms with Gasteiger partial charge in [-0.25, -0.2) is 18.7 Å². The van der Waals surface area contributed by atoms with Crippen LogP contribution < -0.4 is 27.4 Å². The Hall–Kier alpha value is -4.39. The fraction of sp³-hybridized carbons (Fsp3) is 0.650. The van der Waals surface area contributed by atoms with Gasteiger partial charge in [-0.15, -0.1) is 0 Å². The molecule has 24 heteroatoms. The fourth-order valence-corrected chi connectivity index (χ4v) is 8.17. The van der Waals surface area contributed by atoms with Crippen molar-refractivity contribution >= 4 is 37.3 Å². The number of aliphatic carboxylic acids is 1. The molecule has 2 aliphatic rings. The molecule has 3 heterocycles. The molecule has 0 spiro atoms. The third-order valence-corrected chi connectivity index (χ3v) is 12.0. The second-order valence-corrected chi connectivity index (χ2v) is 17.2. The molecule has 11 unspecified atom stereocenters. The van der Waals surface area contributed by atoms with Gasteiger partial charge in [0.15, 0.2) is 0 Å². The molecule has 4 rings (SSSR count). The molecule has 64 heavy (non-hydrogen) atoms. The summed E-state index contributed by atoms with van der Waals surface area (Å²) in [5.41, 5.74) is 6.65. The minimum atomic E-state index is -5.45. The van der Waals surface area contributed by atoms with E-state index >= 15 is 0 Å². The number of carbonyl (C=O) groups is 4. The van der Waals surface area contributed by atoms with Gasteiger partial charge in [0.05, 0.1) is 44.6 Å². The predicted octanol–water partition coefficient (Wildman–Crippen LogP) is -0.666. The van der Waals surface area contributed by atoms with Gasteiger partial charge in [0, 0.05) is 43.7 Å². The molecule has 358 valence electrons. The molecule has 2 aromatic rings. The Bertz CT molecular complexity index is 1980. The number of nitrogens with two attached hydrogens (primary N) is 1. The number of hydrogen-bond acceptors (Lipinski definition) is 17. The Morgan fingerprint density at radius 1 is 1.05 bits per heavy atom. The van der Waals surface area contributed by atoms with E-state index in [0.29, 0.717) is 25.1 Å². The zero-order valence-electron chi connectivity index (χ0n) is 35.9. The van der Waals surface area contributed by atoms with Crippen LogP contribution in [0.5, 0.6) is 0 Å². The maximum absolute atomic E-state index is 13.3. The molecule has 0 aliphatic carbocycles. The standard InChI is InChI=1S/C40H61N6O17P/c1-4-8-25-9-11-26(12-10-25)36(53)42-15-6-5-7-17-59-18-14-31(50)43-20-32(51)45-33-27(48)19-40(38(54)55,62-35(33)34(52)28(49)21-47)63-64(57,58)60-22-29-23(2)24(3)37(61-29)46-16-13-30(41)44-39(46)56/h9-13,16,23-24,27-29,33-35,37,47-49,52H,4-8,14-15,17-22H2,1-3H3,(H,42,53)(H,43,50)(H,45,51)(H,54,55)(H,57,58)(H2,41,44,56). The number of hydrogen-bond donors (Lipinski definition) is 10. The smallest absolute Gasteiger partial charge is 0.475 e. The van der Waals surface area contributed by atoms with Gasteiger partial charge in [-0.05, 0) is 55.4 Å². The Morgan fingerprint density at radius 3 is 2.42 bits per heavy atom. The van der Waals surface area contributed by atoms with E-state index in [0.717, 1.165) is 25.7 Å². The summed E-state index contributed by atoms with van der Waals surface area (Å²) in [5.74, 6) is -7.73. The minimum absolute atomic E-state index is 0.0132. The van der Waals surface area contributed by atoms with Crippen molar-refractivity contribution in [3.8, 4) is 0 Å². The highest BCUT2D eigenvalue weighted by atomic mass is 31.2. The van der Waals surface area contributed by atoms with Crippen molar-refractivity contribution in [3.05, 3.63) is 58.1 Å². The largest absolute Gasteiger partial charge is 0.477 e. The number of rotatable bonds is 25. The van der Waals surface area contributed by atoms with Crippen LogP contribution in [-0.4, -0.2) is 146 Å². The van der Waals surface area contributed by atoms with Crippen molar-refractivity contribution in [2.75, 3.05) is 45.3 Å². The SMILES string of the molecule is CCCc1ccc(C(=O)NCCCCCOCCC(=O)NCC(=O)NC2C(O)CC(OP(=O)(O)OCC3OC(n4ccc(N)nc4=O)C(C)C3C)(C(=O)O)OC2C(O)C(O)CO)cc1. The van der Waals surface area contributed by atoms with Crippen LogP contribution in [0.1, 0.15) is 81.4 Å². The van der Waals surface area contributed by atoms with E-state index in [-0.39, 0.29) is 30.7 Å². The lowest BCUT2D eigenvalue weighted by atomic mass is 9.88. The molecule has 11 atom stereocenters. The molecule has 2 saturated heterocycles. The minimum Gasteiger partial charge on any atom is -0.477 e. The maximum Gasteiger partial charge on any atom is 0.475 e. The second-order valence-electron chi connectivity index (χ2n) is 15.8. The van der Waals surface area contributed by atoms with Crippen molar-refractivity contribution in [2.24, 2.45) is 11.8 Å². The number of anilines is 1. The highest BCUT2D eigenvalue weighted by Gasteiger charge is 2.59. The maximum atomic E-state index is 13.3. The monoisotopic (exact) mass is 928 g/mol. The van der Waals surface area contributed by atoms with E-state index in [1.807, 2.05) is 24.3 Å². The number of nitrogen functional groups attached to an aromatic ring is 1. The van der Waals surface area contributed by atoms with Gasteiger partial charge in [-0.3, -0.25) is 23.5 Å². The van der Waals surface area contributed by atoms with Crippen molar-refractivity contribution < 1.29 is 77.4 Å². The van der Waals surface area contributed by atoms with Crippen LogP contribution >= 0.6 is 7.82 Å². The molecular weight excluding hydrogens is 867 g/mol. The highest BCUT2D eigenvalue weighted by molar-refractivity contribution is 7.47. The molecule has 1 aromatic heterocycles. The van der Waals surface area contributed by atoms with Gasteiger partial charge in [0.25, 0.3) is 11.7 Å². The first-order chi connectivity index (χ1) is 30.3. The number of carboxylic acids is 1. The average Bonchev–Trinajstić information content (AvgIpc) is 3.53. The number of carboxylic acid groups (broad SMARTS) is 1. The lowest BCUT2D eigenvalue weighted by Gasteiger charge is -2.46. The van der Waals surface area contributed by atoms with Crippen LogP contribution in [0.15, 0.2) is 41.3 Å². The van der Waals surface area contributed by atoms with Crippen LogP contribution in [0.25, 0.3) is 0 Å². The first kappa shape index (κ1) is 52.2. The van der Waals surface area contributed by atoms with E-state index in [1.165, 1.54) is 22.4 Å². The van der Waals surface area contributed by atoms with E-state index in [4.69, 9.17) is 29.0 Å². The number of phosphoric acid groups is 1. The zero-order valence-corrected chi connectivity index (χ0v) is 36.8. The van der Waals surface area contributed by atoms with Crippen molar-refractivity contribution in [1.82, 2.24) is 25.5 Å². The van der Waals surface area contributed by atoms with E-state index in [2.05, 4.69) is 27.9 Å². The predicted molar refractivity (Wildman–Crippen MR) is 224 cm³/mol. The number of amides is 3. The number of nitrogens with zero attached hydrogens (tertiary/aromatic N) is 2. The number of aromatic nitrogens is 2. The number of carbonyl (C=O) groups excluding carboxylic acids is 3. The molecule has 1 aromatic carbocycles. The van der Waals surface area contributed by atoms with Crippen molar-refractivity contribution in [1.29, 1.82) is 0 Å². The number of phosphoric ester groups is 1. The fourth-order valence-electron chi connectivity index (χ4n) is 7.21. The summed E-state index contributed by atoms with van der Waals surface area (Å²) in [6, 6.07) is 7.17. The van der Waals surface area contributed by atoms with E-state index < -0.39 is 112 Å². The summed E-state index contributed by atoms with van der Waals surface area (Å²) in [6.45, 7) is 4.03. The Balaban J connectivity index is 1.23. The highest BCUT2D eigenvalue weighted by Crippen LogP contribution is 2.52. The van der Waals surface area contributed by atoms with Gasteiger partial charge in [-0.2, -0.15) is 4.98 Å². The number of aryl methyl sites for hydroxylation is 1. The molecule has 2 fully saturated rings. The van der Waals surface area contributed by atoms with Gasteiger partial charge >= 0.3 is 19.5 Å². The number of benzene rings is 1. The Morgan fingerprint density at radius 2 is 1.77 bits per heavy atom. The summed E-state index contributed by atoms with van der Waals surface area (Å²) in [6.07, 6.45) is -5.89. The molecule has 0 bridgehead atoms. The third kappa shape index (κ3) is 14.6. The quantitative estimate of drug-likeness (QED) is 0.0436. The number of aliphatic hydroxyl groups excluding tert-OH is 4. The van der Waals surface area contributed by atoms with Gasteiger partial charge in [-0.1, -0.05) is 39.3 Å². The lowest BCUT2D eigenvalue weighted by Crippen LogP contribution is -2.68. The van der Waals surface area contributed by atoms with E-state index in [1.54, 1.807) is 13.8 Å². The van der Waals surface area contributed by atoms with Crippen molar-refractivity contribution in [2.45, 2.75) is 114 Å². The average molecular weight is 929 g/mol. The first-order valence-corrected chi connectivity index (χ1v) is 22.6. The molecular formula is C40H61N6O17P.